The van der Waals surface area contributed by atoms with Crippen LogP contribution in [0, 0.1) is 11.3 Å². The molecule has 0 aromatic heterocycles. The predicted molar refractivity (Wildman–Crippen MR) is 97.8 cm³/mol. The topological polar surface area (TPSA) is 9.23 Å². The maximum absolute atomic E-state index is 6.53. The average molecular weight is 310 g/mol. The fraction of sp³-hybridized carbons (Fsp3) is 0.545. The van der Waals surface area contributed by atoms with Crippen LogP contribution in [0.4, 0.5) is 0 Å². The molecule has 0 spiro atoms. The third-order valence-corrected chi connectivity index (χ3v) is 5.60. The van der Waals surface area contributed by atoms with Crippen molar-refractivity contribution in [3.05, 3.63) is 53.6 Å². The first-order valence-corrected chi connectivity index (χ1v) is 8.98. The summed E-state index contributed by atoms with van der Waals surface area (Å²) in [6.45, 7) is 9.23. The molecule has 3 rings (SSSR count). The summed E-state index contributed by atoms with van der Waals surface area (Å²) in [5.41, 5.74) is 3.03. The molecular formula is C22H30O. The number of fused-ring (bicyclic) bond motifs is 2. The van der Waals surface area contributed by atoms with E-state index in [1.807, 2.05) is 0 Å². The Bertz CT molecular complexity index is 623. The second-order valence-electron chi connectivity index (χ2n) is 8.31. The maximum Gasteiger partial charge on any atom is 0.123 e. The summed E-state index contributed by atoms with van der Waals surface area (Å²) in [6, 6.07) is 8.56. The van der Waals surface area contributed by atoms with Gasteiger partial charge in [0, 0.05) is 12.3 Å². The van der Waals surface area contributed by atoms with E-state index < -0.39 is 0 Å². The summed E-state index contributed by atoms with van der Waals surface area (Å²) in [7, 11) is 0. The third-order valence-electron chi connectivity index (χ3n) is 5.60. The highest BCUT2D eigenvalue weighted by Crippen LogP contribution is 2.42. The second-order valence-corrected chi connectivity index (χ2v) is 8.31. The second kappa shape index (κ2) is 6.19. The van der Waals surface area contributed by atoms with Gasteiger partial charge < -0.3 is 4.74 Å². The smallest absolute Gasteiger partial charge is 0.123 e. The van der Waals surface area contributed by atoms with Crippen molar-refractivity contribution in [3.63, 3.8) is 0 Å². The van der Waals surface area contributed by atoms with Crippen molar-refractivity contribution < 1.29 is 4.74 Å². The standard InChI is InChI=1S/C22H30O/c1-17-10-11-19-16-18-8-5-6-9-20(18)23-22(19,4)14-7-13-21(2,3)15-12-17/h5-9,12-13,19H,10-11,14-16H2,1-4H3/b13-7+,17-12+/t19-,22+/m0/s1. The first-order chi connectivity index (χ1) is 10.9. The lowest BCUT2D eigenvalue weighted by Gasteiger charge is -2.42. The van der Waals surface area contributed by atoms with Gasteiger partial charge in [0.05, 0.1) is 0 Å². The molecular weight excluding hydrogens is 280 g/mol. The molecule has 1 aliphatic heterocycles. The van der Waals surface area contributed by atoms with Crippen molar-refractivity contribution >= 4 is 0 Å². The molecule has 0 fully saturated rings. The van der Waals surface area contributed by atoms with Crippen molar-refractivity contribution in [1.29, 1.82) is 0 Å². The molecule has 1 aliphatic carbocycles. The summed E-state index contributed by atoms with van der Waals surface area (Å²) in [4.78, 5) is 0. The molecule has 2 atom stereocenters. The third kappa shape index (κ3) is 3.71. The van der Waals surface area contributed by atoms with Gasteiger partial charge in [-0.15, -0.1) is 0 Å². The van der Waals surface area contributed by atoms with Crippen LogP contribution in [0.3, 0.4) is 0 Å². The van der Waals surface area contributed by atoms with E-state index in [1.54, 1.807) is 0 Å². The summed E-state index contributed by atoms with van der Waals surface area (Å²) in [6.07, 6.45) is 12.8. The summed E-state index contributed by atoms with van der Waals surface area (Å²) in [5, 5.41) is 0. The number of benzene rings is 1. The van der Waals surface area contributed by atoms with Gasteiger partial charge in [-0.2, -0.15) is 0 Å². The number of hydrogen-bond donors (Lipinski definition) is 0. The molecule has 1 aromatic carbocycles. The zero-order valence-corrected chi connectivity index (χ0v) is 15.1. The Morgan fingerprint density at radius 1 is 1.09 bits per heavy atom. The summed E-state index contributed by atoms with van der Waals surface area (Å²) >= 11 is 0. The fourth-order valence-electron chi connectivity index (χ4n) is 3.82. The van der Waals surface area contributed by atoms with Gasteiger partial charge in [-0.05, 0) is 56.6 Å². The van der Waals surface area contributed by atoms with Crippen LogP contribution >= 0.6 is 0 Å². The van der Waals surface area contributed by atoms with Crippen molar-refractivity contribution in [2.24, 2.45) is 11.3 Å². The lowest BCUT2D eigenvalue weighted by Crippen LogP contribution is -2.44. The van der Waals surface area contributed by atoms with Crippen LogP contribution in [0.2, 0.25) is 0 Å². The quantitative estimate of drug-likeness (QED) is 0.526. The van der Waals surface area contributed by atoms with E-state index in [9.17, 15) is 0 Å². The first kappa shape index (κ1) is 16.4. The van der Waals surface area contributed by atoms with E-state index in [2.05, 4.69) is 70.2 Å². The van der Waals surface area contributed by atoms with Crippen LogP contribution in [0.15, 0.2) is 48.1 Å². The van der Waals surface area contributed by atoms with Crippen LogP contribution < -0.4 is 4.74 Å². The zero-order chi connectivity index (χ0) is 16.5. The number of ether oxygens (including phenoxy) is 1. The number of hydrogen-bond acceptors (Lipinski definition) is 1. The molecule has 1 aromatic rings. The van der Waals surface area contributed by atoms with Gasteiger partial charge in [-0.25, -0.2) is 0 Å². The Hall–Kier alpha value is -1.50. The normalized spacial score (nSPS) is 33.9. The Labute approximate surface area is 141 Å². The zero-order valence-electron chi connectivity index (χ0n) is 15.1. The van der Waals surface area contributed by atoms with Crippen molar-refractivity contribution in [2.45, 2.75) is 65.4 Å². The minimum Gasteiger partial charge on any atom is -0.487 e. The van der Waals surface area contributed by atoms with E-state index in [4.69, 9.17) is 4.74 Å². The molecule has 0 radical (unpaired) electrons. The minimum absolute atomic E-state index is 0.0917. The van der Waals surface area contributed by atoms with Crippen LogP contribution in [0.1, 0.15) is 58.9 Å². The van der Waals surface area contributed by atoms with Gasteiger partial charge in [0.25, 0.3) is 0 Å². The van der Waals surface area contributed by atoms with E-state index in [0.717, 1.165) is 25.0 Å². The molecule has 1 heteroatoms. The van der Waals surface area contributed by atoms with E-state index in [-0.39, 0.29) is 11.0 Å². The Kier molecular flexibility index (Phi) is 4.40. The minimum atomic E-state index is -0.0917. The largest absolute Gasteiger partial charge is 0.487 e. The highest BCUT2D eigenvalue weighted by molar-refractivity contribution is 5.37. The molecule has 23 heavy (non-hydrogen) atoms. The first-order valence-electron chi connectivity index (χ1n) is 8.98. The van der Waals surface area contributed by atoms with Crippen LogP contribution in [0.25, 0.3) is 0 Å². The SMILES string of the molecule is C/C1=C\CC(C)(C)/C=C/C[C@@]2(C)Oc3ccccc3C[C@@H]2CC1. The van der Waals surface area contributed by atoms with Gasteiger partial charge >= 0.3 is 0 Å². The lowest BCUT2D eigenvalue weighted by atomic mass is 9.76. The van der Waals surface area contributed by atoms with Gasteiger partial charge in [0.15, 0.2) is 0 Å². The average Bonchev–Trinajstić information content (AvgIpc) is 2.51. The van der Waals surface area contributed by atoms with Gasteiger partial charge in [0.2, 0.25) is 0 Å². The maximum atomic E-state index is 6.53. The van der Waals surface area contributed by atoms with E-state index in [0.29, 0.717) is 5.92 Å². The molecule has 0 amide bonds. The van der Waals surface area contributed by atoms with Gasteiger partial charge in [0.1, 0.15) is 11.4 Å². The molecule has 2 aliphatic rings. The molecule has 0 N–H and O–H groups in total. The Morgan fingerprint density at radius 2 is 1.87 bits per heavy atom. The Balaban J connectivity index is 1.92. The Morgan fingerprint density at radius 3 is 2.70 bits per heavy atom. The van der Waals surface area contributed by atoms with Crippen LogP contribution in [-0.2, 0) is 6.42 Å². The molecule has 0 unspecified atom stereocenters. The van der Waals surface area contributed by atoms with E-state index >= 15 is 0 Å². The number of rotatable bonds is 0. The lowest BCUT2D eigenvalue weighted by molar-refractivity contribution is 0.00815. The van der Waals surface area contributed by atoms with Crippen molar-refractivity contribution in [3.8, 4) is 5.75 Å². The number of para-hydroxylation sites is 1. The van der Waals surface area contributed by atoms with Crippen LogP contribution in [-0.4, -0.2) is 5.60 Å². The van der Waals surface area contributed by atoms with Crippen molar-refractivity contribution in [2.75, 3.05) is 0 Å². The monoisotopic (exact) mass is 310 g/mol. The highest BCUT2D eigenvalue weighted by atomic mass is 16.5. The molecule has 0 saturated heterocycles. The molecule has 1 heterocycles. The number of allylic oxidation sites excluding steroid dienone is 3. The van der Waals surface area contributed by atoms with Gasteiger partial charge in [-0.1, -0.05) is 55.8 Å². The van der Waals surface area contributed by atoms with Crippen molar-refractivity contribution in [1.82, 2.24) is 0 Å². The molecule has 124 valence electrons. The summed E-state index contributed by atoms with van der Waals surface area (Å²) in [5.74, 6) is 1.66. The highest BCUT2D eigenvalue weighted by Gasteiger charge is 2.39. The van der Waals surface area contributed by atoms with Crippen LogP contribution in [0.5, 0.6) is 5.75 Å². The van der Waals surface area contributed by atoms with Gasteiger partial charge in [-0.3, -0.25) is 0 Å². The molecule has 0 saturated carbocycles. The molecule has 0 bridgehead atoms. The summed E-state index contributed by atoms with van der Waals surface area (Å²) < 4.78 is 6.53. The fourth-order valence-corrected chi connectivity index (χ4v) is 3.82. The van der Waals surface area contributed by atoms with E-state index in [1.165, 1.54) is 24.0 Å². The predicted octanol–water partition coefficient (Wildman–Crippen LogP) is 6.10. The molecule has 1 nitrogen and oxygen atoms in total.